The first-order valence-corrected chi connectivity index (χ1v) is 6.16. The van der Waals surface area contributed by atoms with E-state index in [1.54, 1.807) is 6.42 Å². The van der Waals surface area contributed by atoms with Crippen LogP contribution in [0.2, 0.25) is 0 Å². The standard InChI is InChI=1S/C13H24/c1-5-6-11-7-12(11)10(4)13-8(2)9(13)3/h8-13H,5-7H2,1-4H3. The molecule has 0 aromatic carbocycles. The van der Waals surface area contributed by atoms with Crippen molar-refractivity contribution < 1.29 is 0 Å². The largest absolute Gasteiger partial charge is 0.0654 e. The van der Waals surface area contributed by atoms with Crippen molar-refractivity contribution in [3.05, 3.63) is 0 Å². The minimum absolute atomic E-state index is 1.03. The Morgan fingerprint density at radius 1 is 1.23 bits per heavy atom. The summed E-state index contributed by atoms with van der Waals surface area (Å²) in [6, 6.07) is 0. The highest BCUT2D eigenvalue weighted by atomic mass is 14.6. The fourth-order valence-electron chi connectivity index (χ4n) is 3.56. The summed E-state index contributed by atoms with van der Waals surface area (Å²) in [5.74, 6) is 6.38. The van der Waals surface area contributed by atoms with Crippen LogP contribution < -0.4 is 0 Å². The molecule has 5 unspecified atom stereocenters. The molecule has 0 heteroatoms. The maximum absolute atomic E-state index is 2.50. The molecule has 2 fully saturated rings. The van der Waals surface area contributed by atoms with Crippen LogP contribution in [-0.4, -0.2) is 0 Å². The van der Waals surface area contributed by atoms with Crippen LogP contribution in [0.4, 0.5) is 0 Å². The second kappa shape index (κ2) is 3.29. The molecule has 0 radical (unpaired) electrons. The molecule has 2 rings (SSSR count). The Balaban J connectivity index is 1.77. The van der Waals surface area contributed by atoms with Crippen molar-refractivity contribution >= 4 is 0 Å². The fraction of sp³-hybridized carbons (Fsp3) is 1.00. The minimum Gasteiger partial charge on any atom is -0.0654 e. The van der Waals surface area contributed by atoms with Gasteiger partial charge in [0.25, 0.3) is 0 Å². The third-order valence-electron chi connectivity index (χ3n) is 4.82. The Morgan fingerprint density at radius 3 is 2.31 bits per heavy atom. The summed E-state index contributed by atoms with van der Waals surface area (Å²) in [6.07, 6.45) is 4.43. The van der Waals surface area contributed by atoms with Gasteiger partial charge < -0.3 is 0 Å². The summed E-state index contributed by atoms with van der Waals surface area (Å²) in [5, 5.41) is 0. The van der Waals surface area contributed by atoms with E-state index in [9.17, 15) is 0 Å². The van der Waals surface area contributed by atoms with Crippen molar-refractivity contribution in [2.45, 2.75) is 47.0 Å². The first kappa shape index (κ1) is 9.55. The summed E-state index contributed by atoms with van der Waals surface area (Å²) in [4.78, 5) is 0. The molecule has 0 bridgehead atoms. The molecule has 2 aliphatic carbocycles. The van der Waals surface area contributed by atoms with Crippen LogP contribution in [0.15, 0.2) is 0 Å². The van der Waals surface area contributed by atoms with Gasteiger partial charge in [0.2, 0.25) is 0 Å². The summed E-state index contributed by atoms with van der Waals surface area (Å²) >= 11 is 0. The van der Waals surface area contributed by atoms with Gasteiger partial charge in [0.05, 0.1) is 0 Å². The lowest BCUT2D eigenvalue weighted by Crippen LogP contribution is -2.04. The van der Waals surface area contributed by atoms with Crippen LogP contribution in [-0.2, 0) is 0 Å². The van der Waals surface area contributed by atoms with Gasteiger partial charge in [0.1, 0.15) is 0 Å². The summed E-state index contributed by atoms with van der Waals surface area (Å²) in [7, 11) is 0. The second-order valence-corrected chi connectivity index (χ2v) is 5.60. The van der Waals surface area contributed by atoms with Gasteiger partial charge >= 0.3 is 0 Å². The predicted molar refractivity (Wildman–Crippen MR) is 57.5 cm³/mol. The van der Waals surface area contributed by atoms with Crippen molar-refractivity contribution in [3.63, 3.8) is 0 Å². The monoisotopic (exact) mass is 180 g/mol. The predicted octanol–water partition coefficient (Wildman–Crippen LogP) is 3.96. The molecule has 0 spiro atoms. The third kappa shape index (κ3) is 1.65. The molecular weight excluding hydrogens is 156 g/mol. The molecule has 0 nitrogen and oxygen atoms in total. The van der Waals surface area contributed by atoms with Crippen molar-refractivity contribution in [2.75, 3.05) is 0 Å². The SMILES string of the molecule is CCCC1CC1C(C)C1C(C)C1C. The Labute approximate surface area is 83.1 Å². The lowest BCUT2D eigenvalue weighted by atomic mass is 9.95. The Morgan fingerprint density at radius 2 is 1.85 bits per heavy atom. The van der Waals surface area contributed by atoms with E-state index < -0.39 is 0 Å². The Bertz CT molecular complexity index is 176. The zero-order valence-corrected chi connectivity index (χ0v) is 9.59. The van der Waals surface area contributed by atoms with E-state index in [2.05, 4.69) is 27.7 Å². The van der Waals surface area contributed by atoms with Crippen LogP contribution in [0.25, 0.3) is 0 Å². The Kier molecular flexibility index (Phi) is 2.42. The molecule has 0 aromatic rings. The molecular formula is C13H24. The lowest BCUT2D eigenvalue weighted by Gasteiger charge is -2.10. The highest BCUT2D eigenvalue weighted by molar-refractivity contribution is 5.01. The van der Waals surface area contributed by atoms with Gasteiger partial charge in [0, 0.05) is 0 Å². The first-order valence-electron chi connectivity index (χ1n) is 6.16. The van der Waals surface area contributed by atoms with Gasteiger partial charge in [-0.2, -0.15) is 0 Å². The normalized spacial score (nSPS) is 50.3. The van der Waals surface area contributed by atoms with Gasteiger partial charge in [-0.25, -0.2) is 0 Å². The molecule has 13 heavy (non-hydrogen) atoms. The van der Waals surface area contributed by atoms with Crippen molar-refractivity contribution in [1.29, 1.82) is 0 Å². The van der Waals surface area contributed by atoms with Crippen molar-refractivity contribution in [2.24, 2.45) is 35.5 Å². The molecule has 76 valence electrons. The average molecular weight is 180 g/mol. The molecule has 0 saturated heterocycles. The lowest BCUT2D eigenvalue weighted by molar-refractivity contribution is 0.387. The van der Waals surface area contributed by atoms with Crippen LogP contribution in [0.1, 0.15) is 47.0 Å². The van der Waals surface area contributed by atoms with Gasteiger partial charge in [0.15, 0.2) is 0 Å². The molecule has 2 saturated carbocycles. The van der Waals surface area contributed by atoms with Gasteiger partial charge in [-0.3, -0.25) is 0 Å². The highest BCUT2D eigenvalue weighted by Crippen LogP contribution is 2.59. The van der Waals surface area contributed by atoms with Crippen LogP contribution >= 0.6 is 0 Å². The van der Waals surface area contributed by atoms with Crippen LogP contribution in [0.5, 0.6) is 0 Å². The maximum Gasteiger partial charge on any atom is -0.0329 e. The first-order chi connectivity index (χ1) is 6.16. The molecule has 0 amide bonds. The van der Waals surface area contributed by atoms with Crippen molar-refractivity contribution in [1.82, 2.24) is 0 Å². The van der Waals surface area contributed by atoms with E-state index in [1.165, 1.54) is 12.8 Å². The molecule has 2 aliphatic rings. The summed E-state index contributed by atoms with van der Waals surface area (Å²) in [6.45, 7) is 9.69. The zero-order chi connectivity index (χ0) is 9.59. The molecule has 0 heterocycles. The van der Waals surface area contributed by atoms with Gasteiger partial charge in [-0.15, -0.1) is 0 Å². The quantitative estimate of drug-likeness (QED) is 0.614. The minimum atomic E-state index is 1.03. The molecule has 0 aliphatic heterocycles. The van der Waals surface area contributed by atoms with E-state index in [1.807, 2.05) is 0 Å². The van der Waals surface area contributed by atoms with E-state index in [0.29, 0.717) is 0 Å². The van der Waals surface area contributed by atoms with Crippen LogP contribution in [0, 0.1) is 35.5 Å². The summed E-state index contributed by atoms with van der Waals surface area (Å²) in [5.41, 5.74) is 0. The topological polar surface area (TPSA) is 0 Å². The van der Waals surface area contributed by atoms with E-state index in [0.717, 1.165) is 35.5 Å². The smallest absolute Gasteiger partial charge is 0.0329 e. The number of hydrogen-bond donors (Lipinski definition) is 0. The van der Waals surface area contributed by atoms with Crippen LogP contribution in [0.3, 0.4) is 0 Å². The number of rotatable bonds is 4. The second-order valence-electron chi connectivity index (χ2n) is 5.60. The highest BCUT2D eigenvalue weighted by Gasteiger charge is 2.52. The molecule has 0 N–H and O–H groups in total. The fourth-order valence-corrected chi connectivity index (χ4v) is 3.56. The molecule has 0 aromatic heterocycles. The van der Waals surface area contributed by atoms with E-state index >= 15 is 0 Å². The van der Waals surface area contributed by atoms with Gasteiger partial charge in [-0.05, 0) is 41.9 Å². The van der Waals surface area contributed by atoms with E-state index in [-0.39, 0.29) is 0 Å². The zero-order valence-electron chi connectivity index (χ0n) is 9.59. The molecule has 5 atom stereocenters. The Hall–Kier alpha value is 0. The van der Waals surface area contributed by atoms with Crippen molar-refractivity contribution in [3.8, 4) is 0 Å². The average Bonchev–Trinajstić information content (AvgIpc) is 2.94. The third-order valence-corrected chi connectivity index (χ3v) is 4.82. The van der Waals surface area contributed by atoms with Gasteiger partial charge in [-0.1, -0.05) is 40.5 Å². The summed E-state index contributed by atoms with van der Waals surface area (Å²) < 4.78 is 0. The number of hydrogen-bond acceptors (Lipinski definition) is 0. The maximum atomic E-state index is 2.50. The van der Waals surface area contributed by atoms with E-state index in [4.69, 9.17) is 0 Å².